The third-order valence-electron chi connectivity index (χ3n) is 6.95. The van der Waals surface area contributed by atoms with Gasteiger partial charge in [-0.05, 0) is 49.9 Å². The number of piperidine rings is 1. The van der Waals surface area contributed by atoms with E-state index >= 15 is 0 Å². The summed E-state index contributed by atoms with van der Waals surface area (Å²) >= 11 is 0. The quantitative estimate of drug-likeness (QED) is 0.142. The molecular formula is C24H30N8O3. The second-order valence-electron chi connectivity index (χ2n) is 9.27. The number of anilines is 1. The van der Waals surface area contributed by atoms with Crippen molar-refractivity contribution in [3.63, 3.8) is 0 Å². The van der Waals surface area contributed by atoms with Crippen LogP contribution in [-0.4, -0.2) is 78.1 Å². The average molecular weight is 479 g/mol. The summed E-state index contributed by atoms with van der Waals surface area (Å²) in [5, 5.41) is 30.2. The van der Waals surface area contributed by atoms with Gasteiger partial charge in [0.05, 0.1) is 29.5 Å². The number of carbonyl (C=O) groups excluding carboxylic acids is 2. The van der Waals surface area contributed by atoms with Gasteiger partial charge in [-0.25, -0.2) is 10.5 Å². The fourth-order valence-corrected chi connectivity index (χ4v) is 4.89. The highest BCUT2D eigenvalue weighted by Crippen LogP contribution is 2.29. The molecule has 2 amide bonds. The van der Waals surface area contributed by atoms with Gasteiger partial charge in [0.25, 0.3) is 0 Å². The summed E-state index contributed by atoms with van der Waals surface area (Å²) in [6, 6.07) is 7.94. The van der Waals surface area contributed by atoms with Crippen molar-refractivity contribution in [2.45, 2.75) is 32.2 Å². The number of benzene rings is 1. The fourth-order valence-electron chi connectivity index (χ4n) is 4.89. The molecule has 3 aliphatic rings. The highest BCUT2D eigenvalue weighted by molar-refractivity contribution is 5.89. The summed E-state index contributed by atoms with van der Waals surface area (Å²) in [5.74, 6) is -1.61. The molecule has 1 saturated carbocycles. The van der Waals surface area contributed by atoms with Gasteiger partial charge in [-0.1, -0.05) is 0 Å². The molecule has 0 radical (unpaired) electrons. The van der Waals surface area contributed by atoms with Crippen molar-refractivity contribution < 1.29 is 14.8 Å². The molecule has 2 aliphatic heterocycles. The highest BCUT2D eigenvalue weighted by atomic mass is 16.5. The minimum absolute atomic E-state index is 0.0941. The highest BCUT2D eigenvalue weighted by Gasteiger charge is 2.42. The number of nitrogens with one attached hydrogen (secondary N) is 2. The molecule has 0 spiro atoms. The van der Waals surface area contributed by atoms with Crippen molar-refractivity contribution >= 4 is 23.5 Å². The zero-order valence-electron chi connectivity index (χ0n) is 19.8. The Morgan fingerprint density at radius 3 is 2.40 bits per heavy atom. The number of amides is 2. The minimum atomic E-state index is -0.759. The monoisotopic (exact) mass is 478 g/mol. The zero-order valence-corrected chi connectivity index (χ0v) is 19.8. The molecule has 2 saturated heterocycles. The minimum Gasteiger partial charge on any atom is -0.368 e. The maximum Gasteiger partial charge on any atom is 0.249 e. The van der Waals surface area contributed by atoms with Crippen LogP contribution in [-0.2, 0) is 9.59 Å². The van der Waals surface area contributed by atoms with Crippen LogP contribution in [0.1, 0.15) is 30.4 Å². The molecule has 2 unspecified atom stereocenters. The number of hydroxylamine groups is 1. The molecule has 2 heterocycles. The van der Waals surface area contributed by atoms with Crippen molar-refractivity contribution in [3.8, 4) is 12.3 Å². The molecule has 0 aromatic heterocycles. The van der Waals surface area contributed by atoms with Crippen LogP contribution in [0.3, 0.4) is 0 Å². The Hall–Kier alpha value is -3.83. The normalized spacial score (nSPS) is 22.7. The Labute approximate surface area is 204 Å². The molecule has 11 nitrogen and oxygen atoms in total. The molecule has 1 aromatic carbocycles. The van der Waals surface area contributed by atoms with Crippen molar-refractivity contribution in [1.82, 2.24) is 20.6 Å². The van der Waals surface area contributed by atoms with Crippen LogP contribution in [0.2, 0.25) is 0 Å². The van der Waals surface area contributed by atoms with E-state index in [0.29, 0.717) is 50.7 Å². The maximum absolute atomic E-state index is 13.5. The topological polar surface area (TPSA) is 148 Å². The summed E-state index contributed by atoms with van der Waals surface area (Å²) in [7, 11) is 0. The third kappa shape index (κ3) is 5.47. The number of hydrogen-bond donors (Lipinski definition) is 3. The summed E-state index contributed by atoms with van der Waals surface area (Å²) in [4.78, 5) is 36.3. The summed E-state index contributed by atoms with van der Waals surface area (Å²) in [5.41, 5.74) is 4.41. The van der Waals surface area contributed by atoms with E-state index in [1.54, 1.807) is 16.4 Å². The van der Waals surface area contributed by atoms with Crippen molar-refractivity contribution in [2.75, 3.05) is 44.2 Å². The fraction of sp³-hybridized carbons (Fsp3) is 0.542. The lowest BCUT2D eigenvalue weighted by Gasteiger charge is -2.42. The number of aryl methyl sites for hydroxylation is 1. The van der Waals surface area contributed by atoms with Gasteiger partial charge in [-0.15, -0.1) is 0 Å². The molecule has 2 atom stereocenters. The standard InChI is InChI=1S/C24H30N8O3/c1-16-12-17(13-25)2-5-21(16)30-8-10-31(11-9-30)23(34)19-6-7-32(14-20(19)22(33)29-35)24(27-15-26)28-18-3-4-18/h2,5,12,18-20,35H,3-4,6-11,14H2,1H3,(H,27,28)(H,29,33). The van der Waals surface area contributed by atoms with Gasteiger partial charge in [-0.3, -0.25) is 20.1 Å². The predicted molar refractivity (Wildman–Crippen MR) is 127 cm³/mol. The van der Waals surface area contributed by atoms with Gasteiger partial charge >= 0.3 is 0 Å². The largest absolute Gasteiger partial charge is 0.368 e. The van der Waals surface area contributed by atoms with Crippen LogP contribution >= 0.6 is 0 Å². The van der Waals surface area contributed by atoms with Crippen LogP contribution in [0.25, 0.3) is 0 Å². The number of guanidine groups is 1. The number of piperazine rings is 1. The molecule has 0 bridgehead atoms. The average Bonchev–Trinajstić information content (AvgIpc) is 3.71. The summed E-state index contributed by atoms with van der Waals surface area (Å²) in [6.07, 6.45) is 4.27. The first-order valence-electron chi connectivity index (χ1n) is 11.9. The Bertz CT molecular complexity index is 1080. The molecule has 11 heteroatoms. The Morgan fingerprint density at radius 1 is 1.06 bits per heavy atom. The molecule has 1 aromatic rings. The zero-order chi connectivity index (χ0) is 24.9. The van der Waals surface area contributed by atoms with Gasteiger partial charge in [-0.2, -0.15) is 10.5 Å². The Morgan fingerprint density at radius 2 is 1.80 bits per heavy atom. The Kier molecular flexibility index (Phi) is 7.37. The Balaban J connectivity index is 1.42. The number of nitriles is 2. The first-order chi connectivity index (χ1) is 16.9. The van der Waals surface area contributed by atoms with E-state index in [2.05, 4.69) is 21.3 Å². The number of carbonyl (C=O) groups is 2. The van der Waals surface area contributed by atoms with Crippen molar-refractivity contribution in [1.29, 1.82) is 10.5 Å². The van der Waals surface area contributed by atoms with E-state index in [9.17, 15) is 14.8 Å². The van der Waals surface area contributed by atoms with Gasteiger partial charge in [0.15, 0.2) is 6.19 Å². The number of nitrogens with zero attached hydrogens (tertiary/aromatic N) is 6. The number of likely N-dealkylation sites (tertiary alicyclic amines) is 1. The van der Waals surface area contributed by atoms with Crippen LogP contribution in [0.5, 0.6) is 0 Å². The van der Waals surface area contributed by atoms with Gasteiger partial charge < -0.3 is 14.7 Å². The van der Waals surface area contributed by atoms with Crippen LogP contribution in [0, 0.1) is 41.5 Å². The van der Waals surface area contributed by atoms with E-state index in [4.69, 9.17) is 10.5 Å². The molecular weight excluding hydrogens is 448 g/mol. The van der Waals surface area contributed by atoms with Crippen LogP contribution < -0.4 is 15.7 Å². The molecule has 4 rings (SSSR count). The van der Waals surface area contributed by atoms with Gasteiger partial charge in [0.1, 0.15) is 0 Å². The van der Waals surface area contributed by atoms with Crippen LogP contribution in [0.15, 0.2) is 23.2 Å². The van der Waals surface area contributed by atoms with E-state index < -0.39 is 17.7 Å². The lowest BCUT2D eigenvalue weighted by molar-refractivity contribution is -0.147. The second-order valence-corrected chi connectivity index (χ2v) is 9.27. The van der Waals surface area contributed by atoms with E-state index in [1.165, 1.54) is 0 Å². The number of aliphatic imine (C=N–C) groups is 1. The van der Waals surface area contributed by atoms with Crippen molar-refractivity contribution in [3.05, 3.63) is 29.3 Å². The van der Waals surface area contributed by atoms with E-state index in [1.807, 2.05) is 30.1 Å². The number of rotatable bonds is 4. The lowest BCUT2D eigenvalue weighted by Crippen LogP contribution is -2.57. The van der Waals surface area contributed by atoms with Gasteiger partial charge in [0, 0.05) is 45.0 Å². The number of hydrogen-bond acceptors (Lipinski definition) is 7. The predicted octanol–water partition coefficient (Wildman–Crippen LogP) is 0.548. The second kappa shape index (κ2) is 10.6. The lowest BCUT2D eigenvalue weighted by atomic mass is 9.83. The molecule has 3 N–H and O–H groups in total. The van der Waals surface area contributed by atoms with Gasteiger partial charge in [0.2, 0.25) is 17.8 Å². The van der Waals surface area contributed by atoms with E-state index in [0.717, 1.165) is 24.1 Å². The summed E-state index contributed by atoms with van der Waals surface area (Å²) < 4.78 is 0. The van der Waals surface area contributed by atoms with Crippen LogP contribution in [0.4, 0.5) is 5.69 Å². The third-order valence-corrected chi connectivity index (χ3v) is 6.95. The van der Waals surface area contributed by atoms with E-state index in [-0.39, 0.29) is 18.5 Å². The van der Waals surface area contributed by atoms with Crippen molar-refractivity contribution in [2.24, 2.45) is 16.8 Å². The first-order valence-corrected chi connectivity index (χ1v) is 11.9. The molecule has 184 valence electrons. The smallest absolute Gasteiger partial charge is 0.249 e. The SMILES string of the molecule is Cc1cc(C#N)ccc1N1CCN(C(=O)C2CCN(C(=NC3CC3)NC#N)CC2C(=O)NO)CC1. The molecule has 35 heavy (non-hydrogen) atoms. The molecule has 3 fully saturated rings. The first kappa shape index (κ1) is 24.3. The molecule has 1 aliphatic carbocycles. The summed E-state index contributed by atoms with van der Waals surface area (Å²) in [6.45, 7) is 4.99. The maximum atomic E-state index is 13.5.